The Morgan fingerprint density at radius 2 is 2.05 bits per heavy atom. The van der Waals surface area contributed by atoms with E-state index in [4.69, 9.17) is 10.5 Å². The molecule has 110 valence electrons. The first-order valence-corrected chi connectivity index (χ1v) is 6.66. The van der Waals surface area contributed by atoms with Crippen molar-refractivity contribution in [3.05, 3.63) is 71.3 Å². The SMILES string of the molecule is N#Cc1cccc(NCc2cccc(/C=C/C(=O)NO)c2)c1. The zero-order valence-electron chi connectivity index (χ0n) is 11.8. The first-order chi connectivity index (χ1) is 10.7. The number of nitrogens with one attached hydrogen (secondary N) is 2. The summed E-state index contributed by atoms with van der Waals surface area (Å²) >= 11 is 0. The van der Waals surface area contributed by atoms with Crippen LogP contribution in [-0.4, -0.2) is 11.1 Å². The van der Waals surface area contributed by atoms with E-state index in [1.54, 1.807) is 23.7 Å². The van der Waals surface area contributed by atoms with Crippen molar-refractivity contribution < 1.29 is 10.0 Å². The number of benzene rings is 2. The molecule has 1 amide bonds. The quantitative estimate of drug-likeness (QED) is 0.449. The summed E-state index contributed by atoms with van der Waals surface area (Å²) in [5.41, 5.74) is 4.92. The fourth-order valence-electron chi connectivity index (χ4n) is 1.92. The Morgan fingerprint density at radius 3 is 2.82 bits per heavy atom. The van der Waals surface area contributed by atoms with Gasteiger partial charge >= 0.3 is 0 Å². The number of nitrogens with zero attached hydrogens (tertiary/aromatic N) is 1. The Kier molecular flexibility index (Phi) is 5.30. The highest BCUT2D eigenvalue weighted by Gasteiger charge is 1.98. The van der Waals surface area contributed by atoms with Gasteiger partial charge in [0.1, 0.15) is 0 Å². The zero-order valence-corrected chi connectivity index (χ0v) is 11.8. The van der Waals surface area contributed by atoms with E-state index >= 15 is 0 Å². The second-order valence-corrected chi connectivity index (χ2v) is 4.60. The van der Waals surface area contributed by atoms with Gasteiger partial charge in [0.2, 0.25) is 0 Å². The summed E-state index contributed by atoms with van der Waals surface area (Å²) in [6, 6.07) is 17.0. The van der Waals surface area contributed by atoms with Crippen LogP contribution in [0.4, 0.5) is 5.69 Å². The molecule has 3 N–H and O–H groups in total. The van der Waals surface area contributed by atoms with Gasteiger partial charge in [0.15, 0.2) is 0 Å². The topological polar surface area (TPSA) is 85.2 Å². The molecule has 2 aromatic carbocycles. The van der Waals surface area contributed by atoms with Crippen molar-refractivity contribution in [3.63, 3.8) is 0 Å². The van der Waals surface area contributed by atoms with Gasteiger partial charge in [0, 0.05) is 18.3 Å². The Balaban J connectivity index is 2.03. The molecular formula is C17H15N3O2. The highest BCUT2D eigenvalue weighted by molar-refractivity contribution is 5.90. The second kappa shape index (κ2) is 7.62. The van der Waals surface area contributed by atoms with Crippen molar-refractivity contribution >= 4 is 17.7 Å². The minimum absolute atomic E-state index is 0.572. The van der Waals surface area contributed by atoms with Crippen molar-refractivity contribution in [3.8, 4) is 6.07 Å². The van der Waals surface area contributed by atoms with E-state index in [-0.39, 0.29) is 0 Å². The van der Waals surface area contributed by atoms with Crippen molar-refractivity contribution in [2.75, 3.05) is 5.32 Å². The van der Waals surface area contributed by atoms with E-state index in [0.29, 0.717) is 12.1 Å². The number of rotatable bonds is 5. The molecule has 2 aromatic rings. The summed E-state index contributed by atoms with van der Waals surface area (Å²) in [5, 5.41) is 20.6. The van der Waals surface area contributed by atoms with Gasteiger partial charge in [-0.2, -0.15) is 5.26 Å². The molecule has 0 aliphatic heterocycles. The van der Waals surface area contributed by atoms with Gasteiger partial charge in [-0.05, 0) is 41.5 Å². The molecule has 0 fully saturated rings. The molecule has 2 rings (SSSR count). The number of anilines is 1. The Bertz CT molecular complexity index is 733. The molecule has 0 spiro atoms. The molecular weight excluding hydrogens is 278 g/mol. The van der Waals surface area contributed by atoms with E-state index in [9.17, 15) is 4.79 Å². The normalized spacial score (nSPS) is 10.2. The predicted molar refractivity (Wildman–Crippen MR) is 83.9 cm³/mol. The maximum atomic E-state index is 11.0. The average molecular weight is 293 g/mol. The van der Waals surface area contributed by atoms with Crippen LogP contribution in [0.25, 0.3) is 6.08 Å². The molecule has 0 aliphatic carbocycles. The molecule has 0 atom stereocenters. The van der Waals surface area contributed by atoms with Crippen LogP contribution in [0, 0.1) is 11.3 Å². The molecule has 0 heterocycles. The van der Waals surface area contributed by atoms with Gasteiger partial charge in [-0.15, -0.1) is 0 Å². The van der Waals surface area contributed by atoms with Crippen LogP contribution in [0.1, 0.15) is 16.7 Å². The van der Waals surface area contributed by atoms with Crippen molar-refractivity contribution in [1.29, 1.82) is 5.26 Å². The number of carbonyl (C=O) groups is 1. The molecule has 5 heteroatoms. The fourth-order valence-corrected chi connectivity index (χ4v) is 1.92. The summed E-state index contributed by atoms with van der Waals surface area (Å²) in [7, 11) is 0. The summed E-state index contributed by atoms with van der Waals surface area (Å²) in [4.78, 5) is 11.0. The lowest BCUT2D eigenvalue weighted by Gasteiger charge is -2.07. The number of hydrogen-bond donors (Lipinski definition) is 3. The minimum Gasteiger partial charge on any atom is -0.381 e. The monoisotopic (exact) mass is 293 g/mol. The van der Waals surface area contributed by atoms with Crippen molar-refractivity contribution in [2.24, 2.45) is 0 Å². The standard InChI is InChI=1S/C17H15N3O2/c18-11-14-4-2-6-16(10-14)19-12-15-5-1-3-13(9-15)7-8-17(21)20-22/h1-10,19,22H,12H2,(H,20,21)/b8-7+. The Hall–Kier alpha value is -3.10. The number of carbonyl (C=O) groups excluding carboxylic acids is 1. The smallest absolute Gasteiger partial charge is 0.267 e. The summed E-state index contributed by atoms with van der Waals surface area (Å²) in [6.07, 6.45) is 2.87. The Labute approximate surface area is 128 Å². The third kappa shape index (κ3) is 4.47. The maximum Gasteiger partial charge on any atom is 0.267 e. The third-order valence-corrected chi connectivity index (χ3v) is 2.98. The van der Waals surface area contributed by atoms with Crippen LogP contribution in [0.2, 0.25) is 0 Å². The van der Waals surface area contributed by atoms with Crippen LogP contribution >= 0.6 is 0 Å². The molecule has 22 heavy (non-hydrogen) atoms. The van der Waals surface area contributed by atoms with Gasteiger partial charge in [0.05, 0.1) is 11.6 Å². The fraction of sp³-hybridized carbons (Fsp3) is 0.0588. The number of amides is 1. The van der Waals surface area contributed by atoms with Gasteiger partial charge < -0.3 is 5.32 Å². The molecule has 0 bridgehead atoms. The molecule has 5 nitrogen and oxygen atoms in total. The summed E-state index contributed by atoms with van der Waals surface area (Å²) < 4.78 is 0. The number of hydrogen-bond acceptors (Lipinski definition) is 4. The van der Waals surface area contributed by atoms with E-state index in [2.05, 4.69) is 11.4 Å². The lowest BCUT2D eigenvalue weighted by molar-refractivity contribution is -0.124. The van der Waals surface area contributed by atoms with E-state index in [1.165, 1.54) is 6.08 Å². The average Bonchev–Trinajstić information content (AvgIpc) is 2.58. The van der Waals surface area contributed by atoms with E-state index in [1.807, 2.05) is 36.4 Å². The summed E-state index contributed by atoms with van der Waals surface area (Å²) in [5.74, 6) is -0.572. The molecule has 0 radical (unpaired) electrons. The molecule has 0 saturated carbocycles. The van der Waals surface area contributed by atoms with Gasteiger partial charge in [-0.25, -0.2) is 5.48 Å². The maximum absolute atomic E-state index is 11.0. The van der Waals surface area contributed by atoms with Crippen LogP contribution in [-0.2, 0) is 11.3 Å². The van der Waals surface area contributed by atoms with Crippen LogP contribution in [0.3, 0.4) is 0 Å². The number of nitriles is 1. The predicted octanol–water partition coefficient (Wildman–Crippen LogP) is 2.69. The minimum atomic E-state index is -0.572. The molecule has 0 aliphatic rings. The van der Waals surface area contributed by atoms with Crippen LogP contribution < -0.4 is 10.8 Å². The molecule has 0 saturated heterocycles. The van der Waals surface area contributed by atoms with Crippen molar-refractivity contribution in [2.45, 2.75) is 6.54 Å². The lowest BCUT2D eigenvalue weighted by atomic mass is 10.1. The van der Waals surface area contributed by atoms with Crippen LogP contribution in [0.15, 0.2) is 54.6 Å². The van der Waals surface area contributed by atoms with Gasteiger partial charge in [-0.3, -0.25) is 10.0 Å². The van der Waals surface area contributed by atoms with Crippen LogP contribution in [0.5, 0.6) is 0 Å². The zero-order chi connectivity index (χ0) is 15.8. The highest BCUT2D eigenvalue weighted by atomic mass is 16.5. The van der Waals surface area contributed by atoms with Gasteiger partial charge in [0.25, 0.3) is 5.91 Å². The molecule has 0 aromatic heterocycles. The summed E-state index contributed by atoms with van der Waals surface area (Å²) in [6.45, 7) is 0.600. The molecule has 0 unspecified atom stereocenters. The van der Waals surface area contributed by atoms with E-state index < -0.39 is 5.91 Å². The largest absolute Gasteiger partial charge is 0.381 e. The second-order valence-electron chi connectivity index (χ2n) is 4.60. The first-order valence-electron chi connectivity index (χ1n) is 6.66. The number of hydroxylamine groups is 1. The Morgan fingerprint density at radius 1 is 1.23 bits per heavy atom. The van der Waals surface area contributed by atoms with Crippen molar-refractivity contribution in [1.82, 2.24) is 5.48 Å². The highest BCUT2D eigenvalue weighted by Crippen LogP contribution is 2.13. The first kappa shape index (κ1) is 15.3. The lowest BCUT2D eigenvalue weighted by Crippen LogP contribution is -2.14. The van der Waals surface area contributed by atoms with E-state index in [0.717, 1.165) is 16.8 Å². The van der Waals surface area contributed by atoms with Gasteiger partial charge in [-0.1, -0.05) is 24.3 Å². The third-order valence-electron chi connectivity index (χ3n) is 2.98.